The monoisotopic (exact) mass is 445 g/mol. The summed E-state index contributed by atoms with van der Waals surface area (Å²) in [4.78, 5) is 13.1. The minimum Gasteiger partial charge on any atom is -0.380 e. The molecule has 1 aliphatic heterocycles. The van der Waals surface area contributed by atoms with Crippen LogP contribution in [-0.2, 0) is 24.2 Å². The molecule has 0 unspecified atom stereocenters. The molecule has 6 heteroatoms. The normalized spacial score (nSPS) is 14.0. The minimum atomic E-state index is 0.0783. The number of anilines is 1. The van der Waals surface area contributed by atoms with E-state index >= 15 is 0 Å². The van der Waals surface area contributed by atoms with Crippen molar-refractivity contribution in [2.75, 3.05) is 30.7 Å². The number of rotatable bonds is 7. The van der Waals surface area contributed by atoms with Crippen molar-refractivity contribution < 1.29 is 4.79 Å². The van der Waals surface area contributed by atoms with E-state index in [4.69, 9.17) is 11.6 Å². The van der Waals surface area contributed by atoms with Crippen LogP contribution in [0.15, 0.2) is 41.3 Å². The molecule has 0 fully saturated rings. The number of hydrogen-bond acceptors (Lipinski definition) is 4. The van der Waals surface area contributed by atoms with E-state index in [2.05, 4.69) is 67.1 Å². The molecule has 2 aromatic carbocycles. The number of benzene rings is 2. The Hall–Kier alpha value is -1.69. The van der Waals surface area contributed by atoms with Gasteiger partial charge in [0.2, 0.25) is 5.91 Å². The van der Waals surface area contributed by atoms with Gasteiger partial charge in [0.05, 0.1) is 16.5 Å². The predicted octanol–water partition coefficient (Wildman–Crippen LogP) is 4.89. The van der Waals surface area contributed by atoms with Crippen molar-refractivity contribution in [1.29, 1.82) is 0 Å². The highest BCUT2D eigenvalue weighted by molar-refractivity contribution is 8.00. The van der Waals surface area contributed by atoms with Crippen molar-refractivity contribution >= 4 is 35.0 Å². The topological polar surface area (TPSA) is 53.2 Å². The second kappa shape index (κ2) is 10.6. The van der Waals surface area contributed by atoms with Crippen LogP contribution < -0.4 is 16.0 Å². The van der Waals surface area contributed by atoms with Crippen molar-refractivity contribution in [3.05, 3.63) is 58.1 Å². The van der Waals surface area contributed by atoms with Gasteiger partial charge in [-0.3, -0.25) is 4.79 Å². The lowest BCUT2D eigenvalue weighted by Crippen LogP contribution is -2.33. The molecule has 0 saturated carbocycles. The van der Waals surface area contributed by atoms with E-state index in [1.54, 1.807) is 11.8 Å². The number of fused-ring (bicyclic) bond motifs is 1. The van der Waals surface area contributed by atoms with Gasteiger partial charge >= 0.3 is 0 Å². The Morgan fingerprint density at radius 3 is 2.57 bits per heavy atom. The Morgan fingerprint density at radius 2 is 1.83 bits per heavy atom. The van der Waals surface area contributed by atoms with Crippen molar-refractivity contribution in [1.82, 2.24) is 10.6 Å². The number of carbonyl (C=O) groups is 1. The maximum absolute atomic E-state index is 12.0. The number of carbonyl (C=O) groups excluding carboxylic acids is 1. The summed E-state index contributed by atoms with van der Waals surface area (Å²) in [7, 11) is 0. The molecule has 3 rings (SSSR count). The number of hydrogen-bond donors (Lipinski definition) is 3. The summed E-state index contributed by atoms with van der Waals surface area (Å²) in [5, 5.41) is 10.8. The standard InChI is InChI=1S/C24H32ClN3OS/c1-24(2,3)16-28-22(29)15-30-19-7-4-17(5-8-19)14-27-23-20-11-13-26-12-10-18(20)6-9-21(23)25/h4-9,26-27H,10-16H2,1-3H3,(H,28,29). The fourth-order valence-corrected chi connectivity index (χ4v) is 4.36. The van der Waals surface area contributed by atoms with Gasteiger partial charge in [0.15, 0.2) is 0 Å². The first kappa shape index (κ1) is 23.0. The fraction of sp³-hybridized carbons (Fsp3) is 0.458. The minimum absolute atomic E-state index is 0.0783. The van der Waals surface area contributed by atoms with E-state index in [0.717, 1.165) is 48.1 Å². The van der Waals surface area contributed by atoms with Crippen LogP contribution in [0.2, 0.25) is 5.02 Å². The van der Waals surface area contributed by atoms with E-state index in [1.165, 1.54) is 16.7 Å². The molecule has 162 valence electrons. The summed E-state index contributed by atoms with van der Waals surface area (Å²) in [5.41, 5.74) is 5.07. The van der Waals surface area contributed by atoms with Crippen LogP contribution in [0, 0.1) is 5.41 Å². The van der Waals surface area contributed by atoms with Crippen LogP contribution in [0.5, 0.6) is 0 Å². The molecule has 0 bridgehead atoms. The largest absolute Gasteiger partial charge is 0.380 e. The van der Waals surface area contributed by atoms with Gasteiger partial charge in [0.1, 0.15) is 0 Å². The lowest BCUT2D eigenvalue weighted by molar-refractivity contribution is -0.118. The van der Waals surface area contributed by atoms with E-state index in [1.807, 2.05) is 6.07 Å². The first-order chi connectivity index (χ1) is 14.3. The van der Waals surface area contributed by atoms with Crippen LogP contribution in [-0.4, -0.2) is 31.3 Å². The first-order valence-electron chi connectivity index (χ1n) is 10.5. The zero-order valence-electron chi connectivity index (χ0n) is 18.1. The SMILES string of the molecule is CC(C)(C)CNC(=O)CSc1ccc(CNc2c(Cl)ccc3c2CCNCC3)cc1. The molecule has 0 spiro atoms. The van der Waals surface area contributed by atoms with Crippen LogP contribution in [0.4, 0.5) is 5.69 Å². The molecule has 1 aliphatic rings. The molecular weight excluding hydrogens is 414 g/mol. The van der Waals surface area contributed by atoms with Gasteiger partial charge in [-0.05, 0) is 66.2 Å². The molecule has 3 N–H and O–H groups in total. The van der Waals surface area contributed by atoms with Gasteiger partial charge in [-0.2, -0.15) is 0 Å². The molecule has 30 heavy (non-hydrogen) atoms. The van der Waals surface area contributed by atoms with Crippen LogP contribution in [0.25, 0.3) is 0 Å². The highest BCUT2D eigenvalue weighted by atomic mass is 35.5. The Morgan fingerprint density at radius 1 is 1.10 bits per heavy atom. The van der Waals surface area contributed by atoms with E-state index in [0.29, 0.717) is 12.3 Å². The lowest BCUT2D eigenvalue weighted by atomic mass is 9.97. The molecule has 4 nitrogen and oxygen atoms in total. The van der Waals surface area contributed by atoms with Crippen molar-refractivity contribution in [3.63, 3.8) is 0 Å². The second-order valence-corrected chi connectivity index (χ2v) is 10.4. The third kappa shape index (κ3) is 6.93. The van der Waals surface area contributed by atoms with Gasteiger partial charge < -0.3 is 16.0 Å². The second-order valence-electron chi connectivity index (χ2n) is 8.93. The quantitative estimate of drug-likeness (QED) is 0.531. The summed E-state index contributed by atoms with van der Waals surface area (Å²) in [5.74, 6) is 0.516. The fourth-order valence-electron chi connectivity index (χ4n) is 3.39. The van der Waals surface area contributed by atoms with Crippen LogP contribution in [0.1, 0.15) is 37.5 Å². The van der Waals surface area contributed by atoms with E-state index in [9.17, 15) is 4.79 Å². The van der Waals surface area contributed by atoms with E-state index < -0.39 is 0 Å². The van der Waals surface area contributed by atoms with Gasteiger partial charge in [-0.15, -0.1) is 11.8 Å². The highest BCUT2D eigenvalue weighted by Crippen LogP contribution is 2.31. The average molecular weight is 446 g/mol. The zero-order valence-corrected chi connectivity index (χ0v) is 19.7. The van der Waals surface area contributed by atoms with Crippen molar-refractivity contribution in [2.45, 2.75) is 45.1 Å². The lowest BCUT2D eigenvalue weighted by Gasteiger charge is -2.18. The van der Waals surface area contributed by atoms with Crippen LogP contribution in [0.3, 0.4) is 0 Å². The predicted molar refractivity (Wildman–Crippen MR) is 129 cm³/mol. The number of thioether (sulfide) groups is 1. The summed E-state index contributed by atoms with van der Waals surface area (Å²) in [6.07, 6.45) is 2.03. The van der Waals surface area contributed by atoms with Crippen molar-refractivity contribution in [2.24, 2.45) is 5.41 Å². The maximum atomic E-state index is 12.0. The molecule has 2 aromatic rings. The summed E-state index contributed by atoms with van der Waals surface area (Å²) in [6, 6.07) is 12.5. The maximum Gasteiger partial charge on any atom is 0.230 e. The van der Waals surface area contributed by atoms with E-state index in [-0.39, 0.29) is 11.3 Å². The third-order valence-electron chi connectivity index (χ3n) is 5.06. The Kier molecular flexibility index (Phi) is 8.09. The molecular formula is C24H32ClN3OS. The zero-order chi connectivity index (χ0) is 21.6. The number of amides is 1. The van der Waals surface area contributed by atoms with Crippen molar-refractivity contribution in [3.8, 4) is 0 Å². The van der Waals surface area contributed by atoms with Gasteiger partial charge in [0.25, 0.3) is 0 Å². The Balaban J connectivity index is 1.54. The molecule has 1 amide bonds. The number of halogens is 1. The van der Waals surface area contributed by atoms with Gasteiger partial charge in [-0.1, -0.05) is 50.6 Å². The highest BCUT2D eigenvalue weighted by Gasteiger charge is 2.15. The summed E-state index contributed by atoms with van der Waals surface area (Å²) < 4.78 is 0. The molecule has 0 aliphatic carbocycles. The smallest absolute Gasteiger partial charge is 0.230 e. The first-order valence-corrected chi connectivity index (χ1v) is 11.9. The average Bonchev–Trinajstić information content (AvgIpc) is 2.96. The summed E-state index contributed by atoms with van der Waals surface area (Å²) in [6.45, 7) is 9.76. The molecule has 0 aromatic heterocycles. The summed E-state index contributed by atoms with van der Waals surface area (Å²) >= 11 is 8.07. The number of nitrogens with one attached hydrogen (secondary N) is 3. The van der Waals surface area contributed by atoms with Crippen LogP contribution >= 0.6 is 23.4 Å². The third-order valence-corrected chi connectivity index (χ3v) is 6.39. The molecule has 0 radical (unpaired) electrons. The molecule has 0 atom stereocenters. The van der Waals surface area contributed by atoms with Gasteiger partial charge in [-0.25, -0.2) is 0 Å². The Labute approximate surface area is 189 Å². The van der Waals surface area contributed by atoms with Gasteiger partial charge in [0, 0.05) is 18.0 Å². The Bertz CT molecular complexity index is 862. The molecule has 0 saturated heterocycles. The molecule has 1 heterocycles.